The maximum Gasteiger partial charge on any atom is 0.232 e. The van der Waals surface area contributed by atoms with Crippen molar-refractivity contribution >= 4 is 0 Å². The summed E-state index contributed by atoms with van der Waals surface area (Å²) in [7, 11) is 0. The molecule has 2 aromatic rings. The van der Waals surface area contributed by atoms with E-state index in [1.54, 1.807) is 18.6 Å². The van der Waals surface area contributed by atoms with Crippen molar-refractivity contribution in [3.8, 4) is 5.88 Å². The van der Waals surface area contributed by atoms with Crippen molar-refractivity contribution in [1.29, 1.82) is 0 Å². The molecule has 2 saturated heterocycles. The van der Waals surface area contributed by atoms with Gasteiger partial charge in [-0.3, -0.25) is 9.88 Å². The van der Waals surface area contributed by atoms with Crippen LogP contribution in [0, 0.1) is 5.92 Å². The summed E-state index contributed by atoms with van der Waals surface area (Å²) in [5.74, 6) is 2.96. The minimum atomic E-state index is 0.347. The Morgan fingerprint density at radius 3 is 2.96 bits per heavy atom. The zero-order valence-corrected chi connectivity index (χ0v) is 14.9. The normalized spacial score (nSPS) is 22.4. The zero-order chi connectivity index (χ0) is 17.6. The molecule has 2 aromatic heterocycles. The lowest BCUT2D eigenvalue weighted by atomic mass is 9.99. The Kier molecular flexibility index (Phi) is 5.71. The van der Waals surface area contributed by atoms with Gasteiger partial charge < -0.3 is 14.0 Å². The highest BCUT2D eigenvalue weighted by atomic mass is 16.5. The summed E-state index contributed by atoms with van der Waals surface area (Å²) < 4.78 is 16.7. The fourth-order valence-corrected chi connectivity index (χ4v) is 3.64. The number of piperidine rings is 1. The van der Waals surface area contributed by atoms with Gasteiger partial charge in [-0.05, 0) is 32.2 Å². The molecule has 0 saturated carbocycles. The summed E-state index contributed by atoms with van der Waals surface area (Å²) in [5, 5.41) is 4.19. The predicted octanol–water partition coefficient (Wildman–Crippen LogP) is 2.04. The zero-order valence-electron chi connectivity index (χ0n) is 14.9. The van der Waals surface area contributed by atoms with Crippen molar-refractivity contribution in [2.75, 3.05) is 32.9 Å². The van der Waals surface area contributed by atoms with Gasteiger partial charge in [0, 0.05) is 44.0 Å². The van der Waals surface area contributed by atoms with Crippen molar-refractivity contribution in [2.45, 2.75) is 38.1 Å². The Morgan fingerprint density at radius 2 is 2.12 bits per heavy atom. The smallest absolute Gasteiger partial charge is 0.232 e. The predicted molar refractivity (Wildman–Crippen MR) is 92.6 cm³/mol. The van der Waals surface area contributed by atoms with Crippen LogP contribution in [-0.4, -0.2) is 57.9 Å². The number of nitrogens with zero attached hydrogens (tertiary/aromatic N) is 5. The third-order valence-corrected chi connectivity index (χ3v) is 5.03. The molecule has 26 heavy (non-hydrogen) atoms. The molecule has 0 aromatic carbocycles. The van der Waals surface area contributed by atoms with Gasteiger partial charge in [0.05, 0.1) is 19.3 Å². The molecule has 0 amide bonds. The molecular weight excluding hydrogens is 334 g/mol. The van der Waals surface area contributed by atoms with Crippen LogP contribution in [0.25, 0.3) is 0 Å². The average molecular weight is 359 g/mol. The summed E-state index contributed by atoms with van der Waals surface area (Å²) >= 11 is 0. The average Bonchev–Trinajstić information content (AvgIpc) is 3.17. The lowest BCUT2D eigenvalue weighted by Crippen LogP contribution is -2.37. The highest BCUT2D eigenvalue weighted by Gasteiger charge is 2.25. The lowest BCUT2D eigenvalue weighted by molar-refractivity contribution is 0.0778. The van der Waals surface area contributed by atoms with E-state index in [9.17, 15) is 0 Å². The van der Waals surface area contributed by atoms with Gasteiger partial charge in [-0.15, -0.1) is 0 Å². The van der Waals surface area contributed by atoms with Gasteiger partial charge in [0.1, 0.15) is 0 Å². The van der Waals surface area contributed by atoms with E-state index < -0.39 is 0 Å². The van der Waals surface area contributed by atoms with Crippen LogP contribution in [-0.2, 0) is 11.3 Å². The van der Waals surface area contributed by atoms with Crippen LogP contribution >= 0.6 is 0 Å². The van der Waals surface area contributed by atoms with Gasteiger partial charge in [-0.1, -0.05) is 5.16 Å². The van der Waals surface area contributed by atoms with Gasteiger partial charge in [0.25, 0.3) is 0 Å². The molecule has 1 unspecified atom stereocenters. The van der Waals surface area contributed by atoms with Crippen molar-refractivity contribution in [1.82, 2.24) is 25.0 Å². The summed E-state index contributed by atoms with van der Waals surface area (Å²) in [6.45, 7) is 4.98. The third-order valence-electron chi connectivity index (χ3n) is 5.03. The van der Waals surface area contributed by atoms with Crippen molar-refractivity contribution in [3.05, 3.63) is 30.3 Å². The number of rotatable bonds is 6. The van der Waals surface area contributed by atoms with Crippen LogP contribution in [0.2, 0.25) is 0 Å². The Bertz CT molecular complexity index is 674. The molecule has 0 bridgehead atoms. The van der Waals surface area contributed by atoms with Crippen molar-refractivity contribution < 1.29 is 14.0 Å². The van der Waals surface area contributed by atoms with E-state index in [4.69, 9.17) is 14.0 Å². The molecule has 2 fully saturated rings. The number of hydrogen-bond acceptors (Lipinski definition) is 8. The van der Waals surface area contributed by atoms with Gasteiger partial charge in [-0.2, -0.15) is 4.98 Å². The van der Waals surface area contributed by atoms with E-state index in [-0.39, 0.29) is 0 Å². The molecule has 0 aliphatic carbocycles. The minimum Gasteiger partial charge on any atom is -0.476 e. The fourth-order valence-electron chi connectivity index (χ4n) is 3.64. The third kappa shape index (κ3) is 4.56. The Balaban J connectivity index is 1.27. The molecule has 8 heteroatoms. The van der Waals surface area contributed by atoms with E-state index in [2.05, 4.69) is 25.0 Å². The molecule has 2 aliphatic heterocycles. The van der Waals surface area contributed by atoms with Gasteiger partial charge in [0.2, 0.25) is 11.8 Å². The molecule has 0 N–H and O–H groups in total. The second-order valence-corrected chi connectivity index (χ2v) is 7.03. The second kappa shape index (κ2) is 8.55. The maximum absolute atomic E-state index is 5.77. The maximum atomic E-state index is 5.77. The van der Waals surface area contributed by atoms with Crippen molar-refractivity contribution in [2.24, 2.45) is 5.92 Å². The van der Waals surface area contributed by atoms with Crippen LogP contribution in [0.5, 0.6) is 5.88 Å². The van der Waals surface area contributed by atoms with E-state index in [0.717, 1.165) is 70.2 Å². The largest absolute Gasteiger partial charge is 0.476 e. The first-order valence-electron chi connectivity index (χ1n) is 9.38. The van der Waals surface area contributed by atoms with Gasteiger partial charge in [-0.25, -0.2) is 4.98 Å². The molecule has 0 spiro atoms. The first-order valence-corrected chi connectivity index (χ1v) is 9.38. The summed E-state index contributed by atoms with van der Waals surface area (Å²) in [6.07, 6.45) is 9.19. The van der Waals surface area contributed by atoms with Crippen LogP contribution in [0.1, 0.15) is 43.3 Å². The van der Waals surface area contributed by atoms with Crippen LogP contribution in [0.15, 0.2) is 23.1 Å². The molecule has 4 heterocycles. The number of aromatic nitrogens is 4. The molecule has 2 aliphatic rings. The molecule has 140 valence electrons. The number of hydrogen-bond donors (Lipinski definition) is 0. The molecular formula is C18H25N5O3. The van der Waals surface area contributed by atoms with Crippen LogP contribution < -0.4 is 4.74 Å². The monoisotopic (exact) mass is 359 g/mol. The lowest BCUT2D eigenvalue weighted by Gasteiger charge is -2.31. The SMILES string of the molecule is c1cnc(OCC2CCCN(Cc3noc(C4CCOCC4)n3)C2)cn1. The van der Waals surface area contributed by atoms with Crippen LogP contribution in [0.4, 0.5) is 0 Å². The summed E-state index contributed by atoms with van der Waals surface area (Å²) in [4.78, 5) is 15.2. The highest BCUT2D eigenvalue weighted by molar-refractivity contribution is 5.01. The highest BCUT2D eigenvalue weighted by Crippen LogP contribution is 2.26. The van der Waals surface area contributed by atoms with Gasteiger partial charge >= 0.3 is 0 Å². The van der Waals surface area contributed by atoms with E-state index >= 15 is 0 Å². The quantitative estimate of drug-likeness (QED) is 0.774. The minimum absolute atomic E-state index is 0.347. The molecule has 0 radical (unpaired) electrons. The van der Waals surface area contributed by atoms with E-state index in [0.29, 0.717) is 24.3 Å². The van der Waals surface area contributed by atoms with Crippen molar-refractivity contribution in [3.63, 3.8) is 0 Å². The molecule has 1 atom stereocenters. The Hall–Kier alpha value is -2.06. The topological polar surface area (TPSA) is 86.4 Å². The standard InChI is InChI=1S/C18H25N5O3/c1-2-14(13-25-17-10-19-5-6-20-17)11-23(7-1)12-16-21-18(26-22-16)15-3-8-24-9-4-15/h5-6,10,14-15H,1-4,7-9,11-13H2. The second-order valence-electron chi connectivity index (χ2n) is 7.03. The number of likely N-dealkylation sites (tertiary alicyclic amines) is 1. The first kappa shape index (κ1) is 17.4. The first-order chi connectivity index (χ1) is 12.9. The summed E-state index contributed by atoms with van der Waals surface area (Å²) in [6, 6.07) is 0. The Labute approximate surface area is 152 Å². The fraction of sp³-hybridized carbons (Fsp3) is 0.667. The molecule has 8 nitrogen and oxygen atoms in total. The molecule has 4 rings (SSSR count). The Morgan fingerprint density at radius 1 is 1.19 bits per heavy atom. The summed E-state index contributed by atoms with van der Waals surface area (Å²) in [5.41, 5.74) is 0. The number of ether oxygens (including phenoxy) is 2. The van der Waals surface area contributed by atoms with E-state index in [1.807, 2.05) is 0 Å². The van der Waals surface area contributed by atoms with Gasteiger partial charge in [0.15, 0.2) is 5.82 Å². The van der Waals surface area contributed by atoms with E-state index in [1.165, 1.54) is 0 Å². The van der Waals surface area contributed by atoms with Crippen LogP contribution in [0.3, 0.4) is 0 Å².